The number of imidazole rings is 2. The Morgan fingerprint density at radius 1 is 0.978 bits per heavy atom. The van der Waals surface area contributed by atoms with E-state index in [1.165, 1.54) is 63.8 Å². The van der Waals surface area contributed by atoms with Gasteiger partial charge in [-0.25, -0.2) is 9.97 Å². The molecule has 1 atom stereocenters. The van der Waals surface area contributed by atoms with E-state index in [1.54, 1.807) is 0 Å². The van der Waals surface area contributed by atoms with Gasteiger partial charge in [0.2, 0.25) is 0 Å². The van der Waals surface area contributed by atoms with Crippen LogP contribution in [-0.2, 0) is 34.5 Å². The molecule has 46 heavy (non-hydrogen) atoms. The molecular weight excluding hydrogens is 574 g/mol. The minimum atomic E-state index is -0.434. The summed E-state index contributed by atoms with van der Waals surface area (Å²) in [6, 6.07) is 9.21. The topological polar surface area (TPSA) is 91.3 Å². The molecule has 4 heterocycles. The van der Waals surface area contributed by atoms with Crippen LogP contribution in [-0.4, -0.2) is 80.7 Å². The van der Waals surface area contributed by atoms with Crippen molar-refractivity contribution in [2.24, 2.45) is 5.41 Å². The van der Waals surface area contributed by atoms with Crippen LogP contribution in [0, 0.1) is 5.41 Å². The number of piperidine rings is 1. The zero-order valence-electron chi connectivity index (χ0n) is 28.3. The lowest BCUT2D eigenvalue weighted by molar-refractivity contribution is -0.146. The van der Waals surface area contributed by atoms with E-state index in [1.807, 2.05) is 25.5 Å². The lowest BCUT2D eigenvalue weighted by Crippen LogP contribution is -2.45. The number of carbonyl (C=O) groups excluding carboxylic acids is 1. The summed E-state index contributed by atoms with van der Waals surface area (Å²) in [6.45, 7) is 14.9. The Labute approximate surface area is 275 Å². The molecule has 0 amide bonds. The zero-order valence-corrected chi connectivity index (χ0v) is 28.3. The standard InChI is InChI=1S/C37H55N7O2/c1-4-31(5-2)43-23-15-36(16-24-43)14-22-42(28-36)20-7-21-44-25-19-38-33(44)26-32(34-39-17-18-40-34)41-27-29-8-10-30(11-9-29)37(12-13-37)35(45)46-6-3/h8-11,17-19,25,31-32,41H,4-7,12-16,20-24,26-28H2,1-3H3,(H,39,40). The van der Waals surface area contributed by atoms with Gasteiger partial charge < -0.3 is 29.4 Å². The normalized spacial score (nSPS) is 20.0. The molecule has 9 heteroatoms. The van der Waals surface area contributed by atoms with E-state index in [4.69, 9.17) is 9.72 Å². The summed E-state index contributed by atoms with van der Waals surface area (Å²) in [6.07, 6.45) is 18.0. The number of hydrogen-bond donors (Lipinski definition) is 2. The zero-order chi connectivity index (χ0) is 32.0. The van der Waals surface area contributed by atoms with E-state index in [0.29, 0.717) is 18.6 Å². The van der Waals surface area contributed by atoms with Crippen LogP contribution in [0.5, 0.6) is 0 Å². The number of benzene rings is 1. The van der Waals surface area contributed by atoms with Gasteiger partial charge in [0.15, 0.2) is 0 Å². The fraction of sp³-hybridized carbons (Fsp3) is 0.649. The lowest BCUT2D eigenvalue weighted by Gasteiger charge is -2.42. The molecule has 9 nitrogen and oxygen atoms in total. The number of aromatic amines is 1. The molecule has 3 aromatic rings. The van der Waals surface area contributed by atoms with Crippen LogP contribution in [0.3, 0.4) is 0 Å². The van der Waals surface area contributed by atoms with Gasteiger partial charge >= 0.3 is 5.97 Å². The van der Waals surface area contributed by atoms with Crippen molar-refractivity contribution in [2.45, 2.75) is 109 Å². The number of likely N-dealkylation sites (tertiary alicyclic amines) is 2. The number of hydrogen-bond acceptors (Lipinski definition) is 7. The van der Waals surface area contributed by atoms with E-state index in [0.717, 1.165) is 62.0 Å². The third-order valence-electron chi connectivity index (χ3n) is 11.2. The lowest BCUT2D eigenvalue weighted by atomic mass is 9.77. The van der Waals surface area contributed by atoms with E-state index >= 15 is 0 Å². The summed E-state index contributed by atoms with van der Waals surface area (Å²) in [5.74, 6) is 1.91. The molecule has 1 saturated carbocycles. The average molecular weight is 630 g/mol. The minimum absolute atomic E-state index is 0.00875. The number of aryl methyl sites for hydroxylation is 1. The quantitative estimate of drug-likeness (QED) is 0.198. The summed E-state index contributed by atoms with van der Waals surface area (Å²) < 4.78 is 7.68. The van der Waals surface area contributed by atoms with E-state index < -0.39 is 5.41 Å². The predicted molar refractivity (Wildman–Crippen MR) is 181 cm³/mol. The predicted octanol–water partition coefficient (Wildman–Crippen LogP) is 5.64. The van der Waals surface area contributed by atoms with Gasteiger partial charge in [-0.3, -0.25) is 4.79 Å². The Morgan fingerprint density at radius 3 is 2.41 bits per heavy atom. The van der Waals surface area contributed by atoms with Crippen LogP contribution in [0.1, 0.15) is 101 Å². The number of nitrogens with one attached hydrogen (secondary N) is 2. The van der Waals surface area contributed by atoms with Gasteiger partial charge in [0.05, 0.1) is 18.1 Å². The van der Waals surface area contributed by atoms with Crippen LogP contribution in [0.25, 0.3) is 0 Å². The maximum atomic E-state index is 12.5. The first-order valence-electron chi connectivity index (χ1n) is 17.9. The second-order valence-corrected chi connectivity index (χ2v) is 14.0. The summed E-state index contributed by atoms with van der Waals surface area (Å²) >= 11 is 0. The largest absolute Gasteiger partial charge is 0.465 e. The highest BCUT2D eigenvalue weighted by molar-refractivity contribution is 5.86. The van der Waals surface area contributed by atoms with Crippen molar-refractivity contribution in [3.8, 4) is 0 Å². The van der Waals surface area contributed by atoms with Gasteiger partial charge in [-0.05, 0) is 101 Å². The number of aromatic nitrogens is 4. The molecule has 2 aromatic heterocycles. The van der Waals surface area contributed by atoms with Crippen molar-refractivity contribution in [3.05, 3.63) is 71.8 Å². The smallest absolute Gasteiger partial charge is 0.316 e. The maximum Gasteiger partial charge on any atom is 0.316 e. The van der Waals surface area contributed by atoms with Crippen LogP contribution >= 0.6 is 0 Å². The second kappa shape index (κ2) is 14.8. The highest BCUT2D eigenvalue weighted by atomic mass is 16.5. The molecule has 2 aliphatic heterocycles. The number of rotatable bonds is 16. The Kier molecular flexibility index (Phi) is 10.6. The Hall–Kier alpha value is -3.01. The van der Waals surface area contributed by atoms with Gasteiger partial charge in [0.25, 0.3) is 0 Å². The molecule has 6 rings (SSSR count). The summed E-state index contributed by atoms with van der Waals surface area (Å²) in [4.78, 5) is 30.7. The molecule has 2 saturated heterocycles. The third kappa shape index (κ3) is 7.42. The van der Waals surface area contributed by atoms with Crippen LogP contribution in [0.15, 0.2) is 49.1 Å². The number of carbonyl (C=O) groups is 1. The number of esters is 1. The molecular formula is C37H55N7O2. The molecule has 3 aliphatic rings. The maximum absolute atomic E-state index is 12.5. The Bertz CT molecular complexity index is 1370. The van der Waals surface area contributed by atoms with Gasteiger partial charge in [0.1, 0.15) is 11.6 Å². The average Bonchev–Trinajstić information content (AvgIpc) is 3.35. The summed E-state index contributed by atoms with van der Waals surface area (Å²) in [7, 11) is 0. The molecule has 1 spiro atoms. The van der Waals surface area contributed by atoms with Crippen LogP contribution in [0.4, 0.5) is 0 Å². The fourth-order valence-corrected chi connectivity index (χ4v) is 8.10. The highest BCUT2D eigenvalue weighted by Gasteiger charge is 2.52. The molecule has 250 valence electrons. The first kappa shape index (κ1) is 32.9. The van der Waals surface area contributed by atoms with E-state index in [2.05, 4.69) is 74.0 Å². The number of ether oxygens (including phenoxy) is 1. The van der Waals surface area contributed by atoms with Gasteiger partial charge in [0, 0.05) is 56.9 Å². The first-order valence-corrected chi connectivity index (χ1v) is 17.9. The molecule has 1 unspecified atom stereocenters. The van der Waals surface area contributed by atoms with Gasteiger partial charge in [-0.1, -0.05) is 38.1 Å². The SMILES string of the molecule is CCOC(=O)C1(c2ccc(CNC(Cc3nccn3CCCN3CCC4(CCN(C(CC)CC)CC4)C3)c3ncc[nH]3)cc2)CC1. The molecule has 1 aliphatic carbocycles. The molecule has 0 radical (unpaired) electrons. The summed E-state index contributed by atoms with van der Waals surface area (Å²) in [5.41, 5.74) is 2.35. The molecule has 0 bridgehead atoms. The van der Waals surface area contributed by atoms with Crippen LogP contribution in [0.2, 0.25) is 0 Å². The number of H-pyrrole nitrogens is 1. The fourth-order valence-electron chi connectivity index (χ4n) is 8.10. The van der Waals surface area contributed by atoms with E-state index in [9.17, 15) is 4.79 Å². The molecule has 3 fully saturated rings. The van der Waals surface area contributed by atoms with Crippen molar-refractivity contribution in [1.29, 1.82) is 0 Å². The van der Waals surface area contributed by atoms with Crippen molar-refractivity contribution in [2.75, 3.05) is 39.3 Å². The monoisotopic (exact) mass is 629 g/mol. The van der Waals surface area contributed by atoms with Crippen LogP contribution < -0.4 is 5.32 Å². The molecule has 1 aromatic carbocycles. The Morgan fingerprint density at radius 2 is 1.74 bits per heavy atom. The number of nitrogens with zero attached hydrogens (tertiary/aromatic N) is 5. The van der Waals surface area contributed by atoms with Crippen molar-refractivity contribution in [1.82, 2.24) is 34.6 Å². The first-order chi connectivity index (χ1) is 22.5. The van der Waals surface area contributed by atoms with Crippen molar-refractivity contribution >= 4 is 5.97 Å². The van der Waals surface area contributed by atoms with Crippen molar-refractivity contribution in [3.63, 3.8) is 0 Å². The highest BCUT2D eigenvalue weighted by Crippen LogP contribution is 2.49. The summed E-state index contributed by atoms with van der Waals surface area (Å²) in [5, 5.41) is 3.72. The van der Waals surface area contributed by atoms with Gasteiger partial charge in [-0.15, -0.1) is 0 Å². The van der Waals surface area contributed by atoms with Crippen molar-refractivity contribution < 1.29 is 9.53 Å². The third-order valence-corrected chi connectivity index (χ3v) is 11.2. The van der Waals surface area contributed by atoms with Gasteiger partial charge in [-0.2, -0.15) is 0 Å². The Balaban J connectivity index is 0.995. The molecule has 2 N–H and O–H groups in total. The van der Waals surface area contributed by atoms with E-state index in [-0.39, 0.29) is 12.0 Å². The minimum Gasteiger partial charge on any atom is -0.465 e. The second-order valence-electron chi connectivity index (χ2n) is 14.0.